The molecule has 0 N–H and O–H groups in total. The van der Waals surface area contributed by atoms with Crippen LogP contribution in [0.1, 0.15) is 5.89 Å². The number of nitrogens with zero attached hydrogens (tertiary/aromatic N) is 1. The van der Waals surface area contributed by atoms with Gasteiger partial charge in [-0.25, -0.2) is 4.98 Å². The van der Waals surface area contributed by atoms with E-state index < -0.39 is 0 Å². The summed E-state index contributed by atoms with van der Waals surface area (Å²) >= 11 is 0. The number of benzene rings is 2. The van der Waals surface area contributed by atoms with E-state index in [9.17, 15) is 0 Å². The van der Waals surface area contributed by atoms with Crippen LogP contribution in [0.25, 0.3) is 22.2 Å². The quantitative estimate of drug-likeness (QED) is 0.682. The highest BCUT2D eigenvalue weighted by molar-refractivity contribution is 5.80. The van der Waals surface area contributed by atoms with E-state index in [0.717, 1.165) is 28.0 Å². The molecule has 1 aromatic heterocycles. The lowest BCUT2D eigenvalue weighted by Crippen LogP contribution is -1.82. The van der Waals surface area contributed by atoms with Crippen molar-refractivity contribution in [1.82, 2.24) is 4.98 Å². The SMILES string of the molecule is COc1ccc(-c2ccc3oc(C)nc3c2)cc1. The zero-order valence-electron chi connectivity index (χ0n) is 10.3. The highest BCUT2D eigenvalue weighted by atomic mass is 16.5. The molecule has 0 fully saturated rings. The Morgan fingerprint density at radius 3 is 2.44 bits per heavy atom. The third kappa shape index (κ3) is 1.84. The first-order valence-corrected chi connectivity index (χ1v) is 5.78. The highest BCUT2D eigenvalue weighted by Gasteiger charge is 2.04. The molecule has 0 aliphatic rings. The van der Waals surface area contributed by atoms with Crippen molar-refractivity contribution in [2.45, 2.75) is 6.92 Å². The van der Waals surface area contributed by atoms with E-state index in [1.165, 1.54) is 0 Å². The Hall–Kier alpha value is -2.29. The lowest BCUT2D eigenvalue weighted by atomic mass is 10.1. The molecule has 0 saturated heterocycles. The summed E-state index contributed by atoms with van der Waals surface area (Å²) in [5, 5.41) is 0. The van der Waals surface area contributed by atoms with Crippen LogP contribution in [0.2, 0.25) is 0 Å². The van der Waals surface area contributed by atoms with Crippen molar-refractivity contribution in [3.8, 4) is 16.9 Å². The fourth-order valence-corrected chi connectivity index (χ4v) is 2.01. The summed E-state index contributed by atoms with van der Waals surface area (Å²) in [5.74, 6) is 1.55. The molecule has 3 nitrogen and oxygen atoms in total. The molecule has 3 heteroatoms. The van der Waals surface area contributed by atoms with Crippen molar-refractivity contribution in [1.29, 1.82) is 0 Å². The van der Waals surface area contributed by atoms with E-state index in [1.807, 2.05) is 49.4 Å². The molecule has 0 saturated carbocycles. The topological polar surface area (TPSA) is 35.3 Å². The molecule has 0 radical (unpaired) electrons. The van der Waals surface area contributed by atoms with Crippen LogP contribution in [-0.4, -0.2) is 12.1 Å². The molecule has 0 spiro atoms. The van der Waals surface area contributed by atoms with Crippen LogP contribution < -0.4 is 4.74 Å². The highest BCUT2D eigenvalue weighted by Crippen LogP contribution is 2.26. The van der Waals surface area contributed by atoms with Crippen molar-refractivity contribution in [2.75, 3.05) is 7.11 Å². The number of hydrogen-bond donors (Lipinski definition) is 0. The lowest BCUT2D eigenvalue weighted by molar-refractivity contribution is 0.415. The Balaban J connectivity index is 2.06. The van der Waals surface area contributed by atoms with E-state index in [-0.39, 0.29) is 0 Å². The minimum Gasteiger partial charge on any atom is -0.497 e. The van der Waals surface area contributed by atoms with Crippen LogP contribution in [-0.2, 0) is 0 Å². The van der Waals surface area contributed by atoms with Gasteiger partial charge < -0.3 is 9.15 Å². The molecule has 2 aromatic carbocycles. The monoisotopic (exact) mass is 239 g/mol. The van der Waals surface area contributed by atoms with Crippen LogP contribution in [0.5, 0.6) is 5.75 Å². The summed E-state index contributed by atoms with van der Waals surface area (Å²) in [5.41, 5.74) is 3.97. The molecule has 0 aliphatic carbocycles. The van der Waals surface area contributed by atoms with Gasteiger partial charge in [0.2, 0.25) is 0 Å². The molecule has 18 heavy (non-hydrogen) atoms. The van der Waals surface area contributed by atoms with Gasteiger partial charge in [0.1, 0.15) is 11.3 Å². The van der Waals surface area contributed by atoms with Gasteiger partial charge in [-0.15, -0.1) is 0 Å². The van der Waals surface area contributed by atoms with Gasteiger partial charge in [-0.05, 0) is 35.4 Å². The first-order chi connectivity index (χ1) is 8.76. The molecule has 0 atom stereocenters. The molecule has 0 unspecified atom stereocenters. The van der Waals surface area contributed by atoms with Gasteiger partial charge in [-0.3, -0.25) is 0 Å². The van der Waals surface area contributed by atoms with E-state index in [0.29, 0.717) is 5.89 Å². The predicted molar refractivity (Wildman–Crippen MR) is 70.7 cm³/mol. The van der Waals surface area contributed by atoms with Crippen molar-refractivity contribution in [2.24, 2.45) is 0 Å². The average molecular weight is 239 g/mol. The van der Waals surface area contributed by atoms with Crippen LogP contribution in [0.3, 0.4) is 0 Å². The molecule has 90 valence electrons. The second-order valence-corrected chi connectivity index (χ2v) is 4.14. The van der Waals surface area contributed by atoms with Crippen LogP contribution in [0.15, 0.2) is 46.9 Å². The number of fused-ring (bicyclic) bond motifs is 1. The number of hydrogen-bond acceptors (Lipinski definition) is 3. The number of aryl methyl sites for hydroxylation is 1. The number of ether oxygens (including phenoxy) is 1. The fourth-order valence-electron chi connectivity index (χ4n) is 2.01. The molecule has 0 bridgehead atoms. The minimum atomic E-state index is 0.692. The van der Waals surface area contributed by atoms with Crippen LogP contribution in [0.4, 0.5) is 0 Å². The zero-order chi connectivity index (χ0) is 12.5. The molecule has 3 rings (SSSR count). The van der Waals surface area contributed by atoms with E-state index in [2.05, 4.69) is 4.98 Å². The Kier molecular flexibility index (Phi) is 2.52. The van der Waals surface area contributed by atoms with Gasteiger partial charge in [0.15, 0.2) is 11.5 Å². The fraction of sp³-hybridized carbons (Fsp3) is 0.133. The van der Waals surface area contributed by atoms with Gasteiger partial charge in [0, 0.05) is 6.92 Å². The number of oxazole rings is 1. The van der Waals surface area contributed by atoms with Gasteiger partial charge in [0.05, 0.1) is 7.11 Å². The second kappa shape index (κ2) is 4.18. The summed E-state index contributed by atoms with van der Waals surface area (Å²) in [4.78, 5) is 4.34. The minimum absolute atomic E-state index is 0.692. The second-order valence-electron chi connectivity index (χ2n) is 4.14. The summed E-state index contributed by atoms with van der Waals surface area (Å²) in [6.07, 6.45) is 0. The molecular formula is C15H13NO2. The number of methoxy groups -OCH3 is 1. The summed E-state index contributed by atoms with van der Waals surface area (Å²) in [6, 6.07) is 14.0. The Bertz CT molecular complexity index is 683. The third-order valence-corrected chi connectivity index (χ3v) is 2.92. The first kappa shape index (κ1) is 10.8. The maximum absolute atomic E-state index is 5.46. The van der Waals surface area contributed by atoms with Crippen molar-refractivity contribution in [3.05, 3.63) is 48.4 Å². The van der Waals surface area contributed by atoms with Gasteiger partial charge >= 0.3 is 0 Å². The molecule has 0 amide bonds. The average Bonchev–Trinajstić information content (AvgIpc) is 2.78. The van der Waals surface area contributed by atoms with E-state index >= 15 is 0 Å². The van der Waals surface area contributed by atoms with Crippen molar-refractivity contribution < 1.29 is 9.15 Å². The molecular weight excluding hydrogens is 226 g/mol. The smallest absolute Gasteiger partial charge is 0.192 e. The summed E-state index contributed by atoms with van der Waals surface area (Å²) in [7, 11) is 1.67. The zero-order valence-corrected chi connectivity index (χ0v) is 10.3. The lowest BCUT2D eigenvalue weighted by Gasteiger charge is -2.03. The molecule has 0 aliphatic heterocycles. The van der Waals surface area contributed by atoms with Crippen LogP contribution >= 0.6 is 0 Å². The molecule has 3 aromatic rings. The standard InChI is InChI=1S/C15H13NO2/c1-10-16-14-9-12(5-8-15(14)18-10)11-3-6-13(17-2)7-4-11/h3-9H,1-2H3. The van der Waals surface area contributed by atoms with Gasteiger partial charge in [0.25, 0.3) is 0 Å². The maximum atomic E-state index is 5.46. The Morgan fingerprint density at radius 2 is 1.72 bits per heavy atom. The largest absolute Gasteiger partial charge is 0.497 e. The normalized spacial score (nSPS) is 10.8. The number of aromatic nitrogens is 1. The summed E-state index contributed by atoms with van der Waals surface area (Å²) in [6.45, 7) is 1.85. The first-order valence-electron chi connectivity index (χ1n) is 5.78. The van der Waals surface area contributed by atoms with Crippen molar-refractivity contribution >= 4 is 11.1 Å². The third-order valence-electron chi connectivity index (χ3n) is 2.92. The van der Waals surface area contributed by atoms with Gasteiger partial charge in [-0.2, -0.15) is 0 Å². The Morgan fingerprint density at radius 1 is 1.00 bits per heavy atom. The van der Waals surface area contributed by atoms with Crippen molar-refractivity contribution in [3.63, 3.8) is 0 Å². The van der Waals surface area contributed by atoms with Crippen LogP contribution in [0, 0.1) is 6.92 Å². The van der Waals surface area contributed by atoms with E-state index in [1.54, 1.807) is 7.11 Å². The molecule has 1 heterocycles. The van der Waals surface area contributed by atoms with Gasteiger partial charge in [-0.1, -0.05) is 18.2 Å². The summed E-state index contributed by atoms with van der Waals surface area (Å²) < 4.78 is 10.6. The Labute approximate surface area is 105 Å². The maximum Gasteiger partial charge on any atom is 0.192 e. The number of rotatable bonds is 2. The predicted octanol–water partition coefficient (Wildman–Crippen LogP) is 3.81. The van der Waals surface area contributed by atoms with E-state index in [4.69, 9.17) is 9.15 Å².